The summed E-state index contributed by atoms with van der Waals surface area (Å²) in [5.74, 6) is 5.61. The fourth-order valence-corrected chi connectivity index (χ4v) is 9.56. The van der Waals surface area contributed by atoms with Crippen molar-refractivity contribution < 1.29 is 4.39 Å². The Morgan fingerprint density at radius 3 is 1.07 bits per heavy atom. The van der Waals surface area contributed by atoms with Crippen molar-refractivity contribution in [3.05, 3.63) is 246 Å². The number of hydrogen-bond acceptors (Lipinski definition) is 0. The summed E-state index contributed by atoms with van der Waals surface area (Å²) in [4.78, 5) is 0. The van der Waals surface area contributed by atoms with Gasteiger partial charge in [0.1, 0.15) is 5.82 Å². The van der Waals surface area contributed by atoms with Gasteiger partial charge < -0.3 is 0 Å². The highest BCUT2D eigenvalue weighted by molar-refractivity contribution is 9.10. The van der Waals surface area contributed by atoms with Gasteiger partial charge in [0.05, 0.1) is 0 Å². The number of benzene rings is 7. The molecule has 7 rings (SSSR count). The van der Waals surface area contributed by atoms with Crippen molar-refractivity contribution in [1.29, 1.82) is 0 Å². The molecule has 7 aromatic rings. The minimum absolute atomic E-state index is 0.136. The highest BCUT2D eigenvalue weighted by Gasteiger charge is 2.13. The molecule has 0 nitrogen and oxygen atoms in total. The summed E-state index contributed by atoms with van der Waals surface area (Å²) in [5, 5.41) is 0. The summed E-state index contributed by atoms with van der Waals surface area (Å²) in [6.07, 6.45) is 8.05. The van der Waals surface area contributed by atoms with E-state index < -0.39 is 0 Å². The second-order valence-electron chi connectivity index (χ2n) is 26.4. The molecule has 0 fully saturated rings. The van der Waals surface area contributed by atoms with Gasteiger partial charge in [-0.1, -0.05) is 315 Å². The van der Waals surface area contributed by atoms with Crippen LogP contribution in [0.15, 0.2) is 185 Å². The van der Waals surface area contributed by atoms with Crippen LogP contribution in [0.3, 0.4) is 0 Å². The van der Waals surface area contributed by atoms with Crippen molar-refractivity contribution in [3.63, 3.8) is 0 Å². The van der Waals surface area contributed by atoms with Crippen LogP contribution in [0, 0.1) is 54.2 Å². The second kappa shape index (κ2) is 41.4. The molecule has 0 aliphatic carbocycles. The van der Waals surface area contributed by atoms with Gasteiger partial charge in [-0.05, 0) is 185 Å². The minimum Gasteiger partial charge on any atom is -0.207 e. The molecule has 0 amide bonds. The first kappa shape index (κ1) is 74.4. The van der Waals surface area contributed by atoms with Crippen LogP contribution < -0.4 is 0 Å². The maximum absolute atomic E-state index is 12.6. The lowest BCUT2D eigenvalue weighted by Gasteiger charge is -2.19. The standard InChI is InChI=1S/C14H22.C13H20.C11H16.2C10H13Br.C10H13F.C10H14/c1-11(2)10-12-6-8-13(9-7-12)14(3,4)5;1-10(2)9-12-5-7-13(8-6-12)11(3)4;1-9(2)7-11-6-4-5-10(3)8-11;1-8(2)7-9-3-5-10(11)6-4-9;1-8(2)7-9-5-3-4-6-10(9)11;1-8(2)6-9-4-3-5-10(11)7-9;1-9(2)8-10-6-4-3-5-7-10/h6-9,11H,10H2,1-5H3;5-8,10-11H,9H2,1-4H3;4-6,8-9H,7H2,1-3H3;2*3-6,8H,7H2,1-2H3;3-5,7-8H,6H2,1-2H3;3-7,9H,8H2,1-2H3. The largest absolute Gasteiger partial charge is 0.207 e. The summed E-state index contributed by atoms with van der Waals surface area (Å²) in [6, 6.07) is 61.1. The van der Waals surface area contributed by atoms with E-state index in [9.17, 15) is 4.39 Å². The Kier molecular flexibility index (Phi) is 38.1. The molecule has 0 saturated carbocycles. The van der Waals surface area contributed by atoms with E-state index in [4.69, 9.17) is 0 Å². The van der Waals surface area contributed by atoms with Crippen LogP contribution in [0.2, 0.25) is 0 Å². The third-order valence-corrected chi connectivity index (χ3v) is 13.9. The molecule has 7 aromatic carbocycles. The Balaban J connectivity index is 0.000000474. The summed E-state index contributed by atoms with van der Waals surface area (Å²) < 4.78 is 15.0. The molecule has 81 heavy (non-hydrogen) atoms. The van der Waals surface area contributed by atoms with E-state index in [0.717, 1.165) is 58.4 Å². The van der Waals surface area contributed by atoms with Gasteiger partial charge in [-0.2, -0.15) is 0 Å². The normalized spacial score (nSPS) is 10.9. The average Bonchev–Trinajstić information content (AvgIpc) is 3.36. The SMILES string of the molecule is CC(C)Cc1ccc(Br)cc1.CC(C)Cc1ccc(C(C)(C)C)cc1.CC(C)Cc1ccc(C(C)C)cc1.CC(C)Cc1cccc(F)c1.CC(C)Cc1ccccc1.CC(C)Cc1ccccc1Br.Cc1cccc(CC(C)C)c1. The number of rotatable bonds is 15. The van der Waals surface area contributed by atoms with Crippen LogP contribution in [0.1, 0.15) is 193 Å². The van der Waals surface area contributed by atoms with Gasteiger partial charge in [0.2, 0.25) is 0 Å². The molecular formula is C78H111Br2F. The Bertz CT molecular complexity index is 2580. The van der Waals surface area contributed by atoms with Gasteiger partial charge in [-0.25, -0.2) is 4.39 Å². The lowest BCUT2D eigenvalue weighted by Crippen LogP contribution is -2.10. The maximum Gasteiger partial charge on any atom is 0.123 e. The van der Waals surface area contributed by atoms with E-state index in [1.54, 1.807) is 12.1 Å². The molecule has 0 saturated heterocycles. The molecule has 0 spiro atoms. The number of aryl methyl sites for hydroxylation is 1. The minimum atomic E-state index is -0.136. The zero-order valence-electron chi connectivity index (χ0n) is 54.4. The first-order chi connectivity index (χ1) is 38.0. The van der Waals surface area contributed by atoms with Crippen molar-refractivity contribution in [2.24, 2.45) is 41.4 Å². The van der Waals surface area contributed by atoms with E-state index in [0.29, 0.717) is 11.8 Å². The van der Waals surface area contributed by atoms with Crippen molar-refractivity contribution in [3.8, 4) is 0 Å². The second-order valence-corrected chi connectivity index (χ2v) is 28.1. The first-order valence-electron chi connectivity index (χ1n) is 30.5. The van der Waals surface area contributed by atoms with E-state index >= 15 is 0 Å². The lowest BCUT2D eigenvalue weighted by molar-refractivity contribution is 0.589. The third-order valence-electron chi connectivity index (χ3n) is 12.6. The highest BCUT2D eigenvalue weighted by Crippen LogP contribution is 2.24. The Labute approximate surface area is 515 Å². The Hall–Kier alpha value is -4.57. The summed E-state index contributed by atoms with van der Waals surface area (Å²) >= 11 is 6.94. The van der Waals surface area contributed by atoms with Gasteiger partial charge in [0.15, 0.2) is 0 Å². The average molecular weight is 1230 g/mol. The monoisotopic (exact) mass is 1220 g/mol. The van der Waals surface area contributed by atoms with Crippen LogP contribution in [-0.2, 0) is 50.4 Å². The fourth-order valence-electron chi connectivity index (χ4n) is 8.85. The maximum atomic E-state index is 12.6. The molecule has 0 radical (unpaired) electrons. The fraction of sp³-hybridized carbons (Fsp3) is 0.462. The molecule has 3 heteroatoms. The zero-order chi connectivity index (χ0) is 61.1. The molecule has 0 bridgehead atoms. The van der Waals surface area contributed by atoms with Gasteiger partial charge in [-0.15, -0.1) is 0 Å². The molecule has 0 aliphatic rings. The van der Waals surface area contributed by atoms with Crippen LogP contribution in [0.4, 0.5) is 4.39 Å². The topological polar surface area (TPSA) is 0 Å². The Morgan fingerprint density at radius 2 is 0.691 bits per heavy atom. The summed E-state index contributed by atoms with van der Waals surface area (Å²) in [6.45, 7) is 44.6. The Morgan fingerprint density at radius 1 is 0.346 bits per heavy atom. The van der Waals surface area contributed by atoms with E-state index in [2.05, 4.69) is 316 Å². The summed E-state index contributed by atoms with van der Waals surface area (Å²) in [7, 11) is 0. The van der Waals surface area contributed by atoms with E-state index in [1.165, 1.54) is 92.7 Å². The van der Waals surface area contributed by atoms with Crippen LogP contribution in [0.5, 0.6) is 0 Å². The van der Waals surface area contributed by atoms with E-state index in [-0.39, 0.29) is 11.2 Å². The van der Waals surface area contributed by atoms with Gasteiger partial charge >= 0.3 is 0 Å². The van der Waals surface area contributed by atoms with Crippen LogP contribution in [0.25, 0.3) is 0 Å². The van der Waals surface area contributed by atoms with Gasteiger partial charge in [0, 0.05) is 8.95 Å². The molecule has 444 valence electrons. The molecule has 0 aliphatic heterocycles. The molecule has 0 heterocycles. The van der Waals surface area contributed by atoms with E-state index in [1.807, 2.05) is 12.1 Å². The van der Waals surface area contributed by atoms with Crippen LogP contribution in [-0.4, -0.2) is 0 Å². The molecular weight excluding hydrogens is 1120 g/mol. The number of hydrogen-bond donors (Lipinski definition) is 0. The first-order valence-corrected chi connectivity index (χ1v) is 32.1. The predicted molar refractivity (Wildman–Crippen MR) is 368 cm³/mol. The summed E-state index contributed by atoms with van der Waals surface area (Å²) in [5.41, 5.74) is 14.2. The third kappa shape index (κ3) is 38.8. The van der Waals surface area contributed by atoms with Crippen molar-refractivity contribution in [2.45, 2.75) is 195 Å². The van der Waals surface area contributed by atoms with Crippen molar-refractivity contribution in [2.75, 3.05) is 0 Å². The van der Waals surface area contributed by atoms with Crippen molar-refractivity contribution >= 4 is 31.9 Å². The quantitative estimate of drug-likeness (QED) is 0.0960. The molecule has 0 N–H and O–H groups in total. The highest BCUT2D eigenvalue weighted by atomic mass is 79.9. The zero-order valence-corrected chi connectivity index (χ0v) is 57.6. The van der Waals surface area contributed by atoms with Gasteiger partial charge in [-0.3, -0.25) is 0 Å². The smallest absolute Gasteiger partial charge is 0.123 e. The molecule has 0 unspecified atom stereocenters. The lowest BCUT2D eigenvalue weighted by atomic mass is 9.86. The molecule has 0 aromatic heterocycles. The van der Waals surface area contributed by atoms with Crippen LogP contribution >= 0.6 is 31.9 Å². The predicted octanol–water partition coefficient (Wildman–Crippen LogP) is 24.6. The molecule has 0 atom stereocenters. The van der Waals surface area contributed by atoms with Crippen molar-refractivity contribution in [1.82, 2.24) is 0 Å². The van der Waals surface area contributed by atoms with Gasteiger partial charge in [0.25, 0.3) is 0 Å². The number of halogens is 3.